The number of ether oxygens (including phenoxy) is 1. The minimum atomic E-state index is -0.183. The minimum absolute atomic E-state index is 0.183. The molecule has 0 aliphatic rings. The van der Waals surface area contributed by atoms with Crippen LogP contribution in [0.15, 0.2) is 18.2 Å². The fourth-order valence-electron chi connectivity index (χ4n) is 1.83. The summed E-state index contributed by atoms with van der Waals surface area (Å²) >= 11 is 1.10. The van der Waals surface area contributed by atoms with Crippen LogP contribution in [0.5, 0.6) is 5.75 Å². The summed E-state index contributed by atoms with van der Waals surface area (Å²) in [4.78, 5) is 14.8. The van der Waals surface area contributed by atoms with Crippen molar-refractivity contribution in [2.45, 2.75) is 13.8 Å². The Morgan fingerprint density at radius 3 is 2.73 bits per heavy atom. The number of nitrogens with one attached hydrogen (secondary N) is 1. The van der Waals surface area contributed by atoms with Gasteiger partial charge >= 0.3 is 0 Å². The van der Waals surface area contributed by atoms with Crippen LogP contribution in [0, 0.1) is 13.8 Å². The van der Waals surface area contributed by atoms with E-state index in [0.717, 1.165) is 35.1 Å². The zero-order valence-corrected chi connectivity index (χ0v) is 14.0. The largest absolute Gasteiger partial charge is 0.492 e. The van der Waals surface area contributed by atoms with Gasteiger partial charge in [-0.05, 0) is 63.2 Å². The molecule has 1 heterocycles. The fraction of sp³-hybridized carbons (Fsp3) is 0.400. The van der Waals surface area contributed by atoms with Gasteiger partial charge in [-0.1, -0.05) is 4.49 Å². The summed E-state index contributed by atoms with van der Waals surface area (Å²) in [5, 5.41) is 6.73. The number of anilines is 1. The zero-order valence-electron chi connectivity index (χ0n) is 13.2. The third-order valence-electron chi connectivity index (χ3n) is 3.11. The number of rotatable bonds is 6. The van der Waals surface area contributed by atoms with Crippen LogP contribution >= 0.6 is 11.5 Å². The molecule has 118 valence electrons. The molecule has 0 fully saturated rings. The zero-order chi connectivity index (χ0) is 16.1. The van der Waals surface area contributed by atoms with Crippen molar-refractivity contribution in [1.29, 1.82) is 0 Å². The number of hydrogen-bond donors (Lipinski definition) is 1. The predicted octanol–water partition coefficient (Wildman–Crippen LogP) is 2.35. The predicted molar refractivity (Wildman–Crippen MR) is 87.8 cm³/mol. The van der Waals surface area contributed by atoms with E-state index in [1.54, 1.807) is 6.92 Å². The first-order chi connectivity index (χ1) is 10.5. The molecule has 0 spiro atoms. The van der Waals surface area contributed by atoms with E-state index in [4.69, 9.17) is 4.74 Å². The SMILES string of the molecule is Cc1cc(OCCN(C)C)ccc1NC(=O)c1snnc1C. The Morgan fingerprint density at radius 1 is 1.36 bits per heavy atom. The number of nitrogens with zero attached hydrogens (tertiary/aromatic N) is 3. The third-order valence-corrected chi connectivity index (χ3v) is 3.94. The van der Waals surface area contributed by atoms with Gasteiger partial charge in [-0.2, -0.15) is 0 Å². The van der Waals surface area contributed by atoms with Gasteiger partial charge < -0.3 is 15.0 Å². The second kappa shape index (κ2) is 7.33. The minimum Gasteiger partial charge on any atom is -0.492 e. The van der Waals surface area contributed by atoms with Crippen LogP contribution in [0.1, 0.15) is 20.9 Å². The van der Waals surface area contributed by atoms with Crippen molar-refractivity contribution in [2.24, 2.45) is 0 Å². The number of carbonyl (C=O) groups is 1. The van der Waals surface area contributed by atoms with Crippen LogP contribution in [0.4, 0.5) is 5.69 Å². The van der Waals surface area contributed by atoms with Gasteiger partial charge in [-0.3, -0.25) is 4.79 Å². The van der Waals surface area contributed by atoms with Gasteiger partial charge in [0.1, 0.15) is 17.2 Å². The fourth-order valence-corrected chi connectivity index (χ4v) is 2.38. The van der Waals surface area contributed by atoms with Crippen LogP contribution in [0.2, 0.25) is 0 Å². The van der Waals surface area contributed by atoms with Crippen LogP contribution in [-0.4, -0.2) is 47.6 Å². The summed E-state index contributed by atoms with van der Waals surface area (Å²) in [7, 11) is 4.01. The van der Waals surface area contributed by atoms with Crippen LogP contribution in [0.3, 0.4) is 0 Å². The number of hydrogen-bond acceptors (Lipinski definition) is 6. The molecule has 22 heavy (non-hydrogen) atoms. The van der Waals surface area contributed by atoms with Crippen molar-refractivity contribution < 1.29 is 9.53 Å². The summed E-state index contributed by atoms with van der Waals surface area (Å²) < 4.78 is 9.45. The smallest absolute Gasteiger partial charge is 0.269 e. The molecule has 0 bridgehead atoms. The van der Waals surface area contributed by atoms with E-state index < -0.39 is 0 Å². The Hall–Kier alpha value is -1.99. The van der Waals surface area contributed by atoms with E-state index in [-0.39, 0.29) is 5.91 Å². The number of amides is 1. The molecule has 2 aromatic rings. The molecule has 1 N–H and O–H groups in total. The van der Waals surface area contributed by atoms with Crippen molar-refractivity contribution >= 4 is 23.1 Å². The average molecular weight is 320 g/mol. The highest BCUT2D eigenvalue weighted by Gasteiger charge is 2.14. The molecule has 0 unspecified atom stereocenters. The number of aromatic nitrogens is 2. The summed E-state index contributed by atoms with van der Waals surface area (Å²) in [6, 6.07) is 5.63. The molecule has 0 aliphatic heterocycles. The quantitative estimate of drug-likeness (QED) is 0.885. The lowest BCUT2D eigenvalue weighted by atomic mass is 10.2. The van der Waals surface area contributed by atoms with Crippen molar-refractivity contribution in [1.82, 2.24) is 14.5 Å². The molecule has 1 amide bonds. The van der Waals surface area contributed by atoms with Crippen molar-refractivity contribution in [3.63, 3.8) is 0 Å². The monoisotopic (exact) mass is 320 g/mol. The Labute approximate surface area is 134 Å². The molecule has 1 aromatic carbocycles. The summed E-state index contributed by atoms with van der Waals surface area (Å²) in [5.41, 5.74) is 2.35. The first kappa shape index (κ1) is 16.4. The van der Waals surface area contributed by atoms with E-state index in [2.05, 4.69) is 19.8 Å². The molecule has 0 atom stereocenters. The Morgan fingerprint density at radius 2 is 2.14 bits per heavy atom. The highest BCUT2D eigenvalue weighted by molar-refractivity contribution is 7.08. The lowest BCUT2D eigenvalue weighted by Crippen LogP contribution is -2.19. The van der Waals surface area contributed by atoms with E-state index >= 15 is 0 Å². The maximum Gasteiger partial charge on any atom is 0.269 e. The van der Waals surface area contributed by atoms with Gasteiger partial charge in [-0.15, -0.1) is 5.10 Å². The molecule has 7 heteroatoms. The standard InChI is InChI=1S/C15H20N4O2S/c1-10-9-12(21-8-7-19(3)4)5-6-13(10)16-15(20)14-11(2)17-18-22-14/h5-6,9H,7-8H2,1-4H3,(H,16,20). The number of benzene rings is 1. The number of likely N-dealkylation sites (N-methyl/N-ethyl adjacent to an activating group) is 1. The van der Waals surface area contributed by atoms with Gasteiger partial charge in [0.2, 0.25) is 0 Å². The van der Waals surface area contributed by atoms with Gasteiger partial charge in [0.05, 0.1) is 5.69 Å². The highest BCUT2D eigenvalue weighted by atomic mass is 32.1. The van der Waals surface area contributed by atoms with Crippen LogP contribution in [-0.2, 0) is 0 Å². The van der Waals surface area contributed by atoms with Gasteiger partial charge in [0.25, 0.3) is 5.91 Å². The maximum absolute atomic E-state index is 12.2. The maximum atomic E-state index is 12.2. The van der Waals surface area contributed by atoms with E-state index in [9.17, 15) is 4.79 Å². The molecule has 6 nitrogen and oxygen atoms in total. The summed E-state index contributed by atoms with van der Waals surface area (Å²) in [5.74, 6) is 0.616. The van der Waals surface area contributed by atoms with Crippen LogP contribution in [0.25, 0.3) is 0 Å². The lowest BCUT2D eigenvalue weighted by Gasteiger charge is -2.13. The molecule has 2 rings (SSSR count). The molecule has 1 aromatic heterocycles. The Kier molecular flexibility index (Phi) is 5.46. The topological polar surface area (TPSA) is 67.3 Å². The van der Waals surface area contributed by atoms with E-state index in [0.29, 0.717) is 17.2 Å². The van der Waals surface area contributed by atoms with Gasteiger partial charge in [-0.25, -0.2) is 0 Å². The molecule has 0 saturated carbocycles. The van der Waals surface area contributed by atoms with E-state index in [1.165, 1.54) is 0 Å². The molecular weight excluding hydrogens is 300 g/mol. The van der Waals surface area contributed by atoms with Crippen molar-refractivity contribution in [2.75, 3.05) is 32.6 Å². The Balaban J connectivity index is 2.01. The summed E-state index contributed by atoms with van der Waals surface area (Å²) in [6.45, 7) is 5.19. The normalized spacial score (nSPS) is 10.8. The van der Waals surface area contributed by atoms with Crippen molar-refractivity contribution in [3.05, 3.63) is 34.3 Å². The van der Waals surface area contributed by atoms with Gasteiger partial charge in [0, 0.05) is 12.2 Å². The van der Waals surface area contributed by atoms with E-state index in [1.807, 2.05) is 39.2 Å². The molecular formula is C15H20N4O2S. The third kappa shape index (κ3) is 4.25. The first-order valence-corrected chi connectivity index (χ1v) is 7.73. The van der Waals surface area contributed by atoms with Crippen LogP contribution < -0.4 is 10.1 Å². The molecule has 0 saturated heterocycles. The lowest BCUT2D eigenvalue weighted by molar-refractivity contribution is 0.102. The van der Waals surface area contributed by atoms with Crippen molar-refractivity contribution in [3.8, 4) is 5.75 Å². The second-order valence-electron chi connectivity index (χ2n) is 5.27. The second-order valence-corrected chi connectivity index (χ2v) is 6.02. The first-order valence-electron chi connectivity index (χ1n) is 6.96. The van der Waals surface area contributed by atoms with Gasteiger partial charge in [0.15, 0.2) is 0 Å². The highest BCUT2D eigenvalue weighted by Crippen LogP contribution is 2.22. The average Bonchev–Trinajstić information content (AvgIpc) is 2.87. The number of carbonyl (C=O) groups excluding carboxylic acids is 1. The summed E-state index contributed by atoms with van der Waals surface area (Å²) in [6.07, 6.45) is 0. The Bertz CT molecular complexity index is 655. The molecule has 0 radical (unpaired) electrons. The molecule has 0 aliphatic carbocycles. The number of aryl methyl sites for hydroxylation is 2.